The van der Waals surface area contributed by atoms with Crippen molar-refractivity contribution in [2.75, 3.05) is 18.4 Å². The molecule has 6 N–H and O–H groups in total. The zero-order chi connectivity index (χ0) is 12.8. The molecule has 94 valence electrons. The van der Waals surface area contributed by atoms with Gasteiger partial charge in [0.2, 0.25) is 0 Å². The summed E-state index contributed by atoms with van der Waals surface area (Å²) in [6, 6.07) is 0.490. The molecule has 0 aliphatic carbocycles. The van der Waals surface area contributed by atoms with Crippen molar-refractivity contribution < 1.29 is 9.90 Å². The molecule has 0 bridgehead atoms. The summed E-state index contributed by atoms with van der Waals surface area (Å²) in [5.41, 5.74) is 4.72. The monoisotopic (exact) mass is 261 g/mol. The quantitative estimate of drug-likeness (QED) is 0.457. The highest BCUT2D eigenvalue weighted by Crippen LogP contribution is 2.14. The second kappa shape index (κ2) is 6.06. The number of hydrogen-bond donors (Lipinski definition) is 5. The Hall–Kier alpha value is -1.80. The summed E-state index contributed by atoms with van der Waals surface area (Å²) >= 11 is 5.69. The second-order valence-corrected chi connectivity index (χ2v) is 3.57. The molecule has 0 fully saturated rings. The Morgan fingerprint density at radius 3 is 3.00 bits per heavy atom. The first-order chi connectivity index (χ1) is 7.99. The smallest absolute Gasteiger partial charge is 0.312 e. The van der Waals surface area contributed by atoms with Gasteiger partial charge in [-0.3, -0.25) is 4.79 Å². The van der Waals surface area contributed by atoms with Crippen molar-refractivity contribution in [1.29, 1.82) is 0 Å². The van der Waals surface area contributed by atoms with Crippen molar-refractivity contribution >= 4 is 23.3 Å². The number of H-pyrrole nitrogens is 1. The highest BCUT2D eigenvalue weighted by Gasteiger charge is 2.07. The first-order valence-electron chi connectivity index (χ1n) is 4.69. The largest absolute Gasteiger partial charge is 0.389 e. The van der Waals surface area contributed by atoms with E-state index in [1.54, 1.807) is 0 Å². The van der Waals surface area contributed by atoms with E-state index in [2.05, 4.69) is 20.8 Å². The number of nitrogens with one attached hydrogen (secondary N) is 3. The summed E-state index contributed by atoms with van der Waals surface area (Å²) in [5.74, 6) is 0. The van der Waals surface area contributed by atoms with E-state index in [0.717, 1.165) is 0 Å². The zero-order valence-corrected chi connectivity index (χ0v) is 9.49. The maximum atomic E-state index is 10.9. The third-order valence-corrected chi connectivity index (χ3v) is 2.09. The molecule has 0 radical (unpaired) electrons. The highest BCUT2D eigenvalue weighted by molar-refractivity contribution is 6.31. The van der Waals surface area contributed by atoms with Gasteiger partial charge in [0, 0.05) is 19.2 Å². The van der Waals surface area contributed by atoms with Gasteiger partial charge < -0.3 is 21.5 Å². The maximum Gasteiger partial charge on any atom is 0.312 e. The molecule has 1 heterocycles. The molecule has 1 rings (SSSR count). The fraction of sp³-hybridized carbons (Fsp3) is 0.375. The number of hydrogen-bond acceptors (Lipinski definition) is 5. The number of aliphatic hydroxyl groups is 1. The first-order valence-corrected chi connectivity index (χ1v) is 5.07. The molecule has 0 aliphatic heterocycles. The molecular weight excluding hydrogens is 250 g/mol. The standard InChI is InChI=1S/C8H12ClN5O3/c9-7-5(1-6(16)13-14-7)11-2-4(15)3-12-8(10)17/h1,4,15H,2-3H2,(H3,10,12,17)(H2,11,13,16). The molecule has 1 aromatic heterocycles. The van der Waals surface area contributed by atoms with Gasteiger partial charge in [-0.25, -0.2) is 9.89 Å². The van der Waals surface area contributed by atoms with Crippen LogP contribution in [0.25, 0.3) is 0 Å². The van der Waals surface area contributed by atoms with E-state index in [1.807, 2.05) is 0 Å². The summed E-state index contributed by atoms with van der Waals surface area (Å²) in [6.07, 6.45) is -0.863. The van der Waals surface area contributed by atoms with Crippen LogP contribution in [0.2, 0.25) is 5.15 Å². The Labute approximate surface area is 101 Å². The van der Waals surface area contributed by atoms with Crippen LogP contribution in [-0.4, -0.2) is 40.5 Å². The summed E-state index contributed by atoms with van der Waals surface area (Å²) in [4.78, 5) is 21.3. The number of aromatic nitrogens is 2. The van der Waals surface area contributed by atoms with E-state index in [9.17, 15) is 14.7 Å². The van der Waals surface area contributed by atoms with Crippen LogP contribution in [0.5, 0.6) is 0 Å². The molecule has 0 aromatic carbocycles. The lowest BCUT2D eigenvalue weighted by atomic mass is 10.3. The van der Waals surface area contributed by atoms with Crippen LogP contribution in [-0.2, 0) is 0 Å². The molecule has 2 amide bonds. The number of aliphatic hydroxyl groups excluding tert-OH is 1. The molecule has 9 heteroatoms. The second-order valence-electron chi connectivity index (χ2n) is 3.22. The van der Waals surface area contributed by atoms with Gasteiger partial charge >= 0.3 is 6.03 Å². The Morgan fingerprint density at radius 1 is 1.65 bits per heavy atom. The maximum absolute atomic E-state index is 10.9. The number of aromatic amines is 1. The van der Waals surface area contributed by atoms with Crippen LogP contribution in [0.4, 0.5) is 10.5 Å². The fourth-order valence-electron chi connectivity index (χ4n) is 1.03. The van der Waals surface area contributed by atoms with E-state index < -0.39 is 17.7 Å². The van der Waals surface area contributed by atoms with Crippen molar-refractivity contribution in [3.63, 3.8) is 0 Å². The Balaban J connectivity index is 2.47. The number of carbonyl (C=O) groups excluding carboxylic acids is 1. The third-order valence-electron chi connectivity index (χ3n) is 1.80. The van der Waals surface area contributed by atoms with Gasteiger partial charge in [0.1, 0.15) is 0 Å². The minimum atomic E-state index is -0.863. The minimum absolute atomic E-state index is 0.00340. The number of halogens is 1. The van der Waals surface area contributed by atoms with Gasteiger partial charge in [-0.2, -0.15) is 5.10 Å². The number of primary amides is 1. The molecule has 0 spiro atoms. The molecule has 0 saturated carbocycles. The number of rotatable bonds is 5. The molecular formula is C8H12ClN5O3. The molecule has 1 aromatic rings. The van der Waals surface area contributed by atoms with Crippen LogP contribution < -0.4 is 21.9 Å². The Morgan fingerprint density at radius 2 is 2.35 bits per heavy atom. The van der Waals surface area contributed by atoms with E-state index in [0.29, 0.717) is 5.69 Å². The molecule has 1 atom stereocenters. The van der Waals surface area contributed by atoms with E-state index in [1.165, 1.54) is 6.07 Å². The van der Waals surface area contributed by atoms with Gasteiger partial charge in [-0.1, -0.05) is 11.6 Å². The lowest BCUT2D eigenvalue weighted by Crippen LogP contribution is -2.38. The Kier molecular flexibility index (Phi) is 4.73. The van der Waals surface area contributed by atoms with Crippen LogP contribution >= 0.6 is 11.6 Å². The van der Waals surface area contributed by atoms with Gasteiger partial charge in [0.05, 0.1) is 11.8 Å². The van der Waals surface area contributed by atoms with Crippen molar-refractivity contribution in [3.8, 4) is 0 Å². The zero-order valence-electron chi connectivity index (χ0n) is 8.74. The van der Waals surface area contributed by atoms with Crippen LogP contribution in [0, 0.1) is 0 Å². The summed E-state index contributed by atoms with van der Waals surface area (Å²) in [5, 5.41) is 20.2. The normalized spacial score (nSPS) is 11.9. The average Bonchev–Trinajstić information content (AvgIpc) is 2.27. The average molecular weight is 262 g/mol. The molecule has 8 nitrogen and oxygen atoms in total. The van der Waals surface area contributed by atoms with Crippen molar-refractivity contribution in [2.24, 2.45) is 5.73 Å². The van der Waals surface area contributed by atoms with Crippen molar-refractivity contribution in [1.82, 2.24) is 15.5 Å². The molecule has 17 heavy (non-hydrogen) atoms. The van der Waals surface area contributed by atoms with Gasteiger partial charge in [0.15, 0.2) is 5.15 Å². The van der Waals surface area contributed by atoms with Crippen molar-refractivity contribution in [3.05, 3.63) is 21.6 Å². The molecule has 1 unspecified atom stereocenters. The lowest BCUT2D eigenvalue weighted by molar-refractivity contribution is 0.183. The minimum Gasteiger partial charge on any atom is -0.389 e. The summed E-state index contributed by atoms with van der Waals surface area (Å²) in [7, 11) is 0. The number of anilines is 1. The van der Waals surface area contributed by atoms with Gasteiger partial charge in [0.25, 0.3) is 5.56 Å². The number of amides is 2. The first kappa shape index (κ1) is 13.3. The topological polar surface area (TPSA) is 133 Å². The number of carbonyl (C=O) groups is 1. The number of nitrogens with zero attached hydrogens (tertiary/aromatic N) is 1. The summed E-state index contributed by atoms with van der Waals surface area (Å²) in [6.45, 7) is 0.0850. The van der Waals surface area contributed by atoms with Crippen LogP contribution in [0.1, 0.15) is 0 Å². The predicted molar refractivity (Wildman–Crippen MR) is 62.0 cm³/mol. The van der Waals surface area contributed by atoms with E-state index in [-0.39, 0.29) is 18.2 Å². The van der Waals surface area contributed by atoms with Gasteiger partial charge in [-0.05, 0) is 0 Å². The molecule has 0 saturated heterocycles. The van der Waals surface area contributed by atoms with Crippen molar-refractivity contribution in [2.45, 2.75) is 6.10 Å². The Bertz CT molecular complexity index is 449. The highest BCUT2D eigenvalue weighted by atomic mass is 35.5. The third kappa shape index (κ3) is 4.70. The number of urea groups is 1. The predicted octanol–water partition coefficient (Wildman–Crippen LogP) is -1.14. The number of nitrogens with two attached hydrogens (primary N) is 1. The molecule has 0 aliphatic rings. The van der Waals surface area contributed by atoms with Gasteiger partial charge in [-0.15, -0.1) is 0 Å². The van der Waals surface area contributed by atoms with E-state index in [4.69, 9.17) is 17.3 Å². The lowest BCUT2D eigenvalue weighted by Gasteiger charge is -2.12. The fourth-order valence-corrected chi connectivity index (χ4v) is 1.19. The van der Waals surface area contributed by atoms with E-state index >= 15 is 0 Å². The van der Waals surface area contributed by atoms with Crippen LogP contribution in [0.15, 0.2) is 10.9 Å². The summed E-state index contributed by atoms with van der Waals surface area (Å²) < 4.78 is 0. The van der Waals surface area contributed by atoms with Crippen LogP contribution in [0.3, 0.4) is 0 Å². The SMILES string of the molecule is NC(=O)NCC(O)CNc1cc(=O)[nH]nc1Cl.